The summed E-state index contributed by atoms with van der Waals surface area (Å²) in [5, 5.41) is 1.44. The predicted octanol–water partition coefficient (Wildman–Crippen LogP) is 4.78. The molecule has 1 aliphatic rings. The van der Waals surface area contributed by atoms with E-state index in [2.05, 4.69) is 45.6 Å². The fourth-order valence-electron chi connectivity index (χ4n) is 3.60. The van der Waals surface area contributed by atoms with E-state index in [4.69, 9.17) is 0 Å². The Morgan fingerprint density at radius 2 is 1.57 bits per heavy atom. The van der Waals surface area contributed by atoms with Crippen LogP contribution in [0, 0.1) is 19.7 Å². The number of Topliss-reactive ketones (excluding diaryl/α,β-unsaturated/α-hetero) is 1. The van der Waals surface area contributed by atoms with Gasteiger partial charge in [-0.3, -0.25) is 4.79 Å². The fraction of sp³-hybridized carbons (Fsp3) is 0.350. The highest BCUT2D eigenvalue weighted by molar-refractivity contribution is 6.88. The molecule has 0 heterocycles. The Kier molecular flexibility index (Phi) is 3.79. The Balaban J connectivity index is 2.24. The lowest BCUT2D eigenvalue weighted by atomic mass is 9.90. The van der Waals surface area contributed by atoms with Gasteiger partial charge in [0.1, 0.15) is 5.82 Å². The molecule has 0 aliphatic heterocycles. The number of hydrogen-bond donors (Lipinski definition) is 0. The van der Waals surface area contributed by atoms with E-state index in [0.717, 1.165) is 16.7 Å². The highest BCUT2D eigenvalue weighted by Crippen LogP contribution is 2.37. The topological polar surface area (TPSA) is 17.1 Å². The Morgan fingerprint density at radius 3 is 2.13 bits per heavy atom. The van der Waals surface area contributed by atoms with Gasteiger partial charge in [0, 0.05) is 6.42 Å². The third kappa shape index (κ3) is 2.67. The highest BCUT2D eigenvalue weighted by atomic mass is 28.3. The summed E-state index contributed by atoms with van der Waals surface area (Å²) in [4.78, 5) is 12.0. The van der Waals surface area contributed by atoms with E-state index in [1.54, 1.807) is 0 Å². The predicted molar refractivity (Wildman–Crippen MR) is 96.9 cm³/mol. The van der Waals surface area contributed by atoms with Gasteiger partial charge in [-0.05, 0) is 54.2 Å². The van der Waals surface area contributed by atoms with Gasteiger partial charge in [0.15, 0.2) is 5.78 Å². The molecule has 23 heavy (non-hydrogen) atoms. The van der Waals surface area contributed by atoms with E-state index in [9.17, 15) is 9.18 Å². The second-order valence-electron chi connectivity index (χ2n) is 7.61. The van der Waals surface area contributed by atoms with E-state index in [0.29, 0.717) is 18.4 Å². The van der Waals surface area contributed by atoms with Crippen molar-refractivity contribution >= 4 is 19.0 Å². The van der Waals surface area contributed by atoms with Crippen LogP contribution >= 0.6 is 0 Å². The Hall–Kier alpha value is -1.74. The van der Waals surface area contributed by atoms with Crippen molar-refractivity contribution < 1.29 is 9.18 Å². The molecule has 3 heteroatoms. The lowest BCUT2D eigenvalue weighted by Crippen LogP contribution is -2.38. The number of halogens is 1. The maximum absolute atomic E-state index is 14.0. The molecule has 0 N–H and O–H groups in total. The van der Waals surface area contributed by atoms with Crippen LogP contribution in [0.2, 0.25) is 19.6 Å². The van der Waals surface area contributed by atoms with E-state index >= 15 is 0 Å². The Morgan fingerprint density at radius 1 is 0.957 bits per heavy atom. The number of carbonyl (C=O) groups is 1. The van der Waals surface area contributed by atoms with Crippen LogP contribution in [0.5, 0.6) is 0 Å². The van der Waals surface area contributed by atoms with Crippen LogP contribution in [0.25, 0.3) is 11.1 Å². The second kappa shape index (κ2) is 5.41. The van der Waals surface area contributed by atoms with Crippen molar-refractivity contribution in [3.05, 3.63) is 52.3 Å². The maximum Gasteiger partial charge on any atom is 0.166 e. The van der Waals surface area contributed by atoms with Gasteiger partial charge >= 0.3 is 0 Å². The first-order valence-corrected chi connectivity index (χ1v) is 11.7. The van der Waals surface area contributed by atoms with Crippen molar-refractivity contribution in [1.82, 2.24) is 0 Å². The van der Waals surface area contributed by atoms with Gasteiger partial charge in [0.25, 0.3) is 0 Å². The van der Waals surface area contributed by atoms with Crippen molar-refractivity contribution in [2.45, 2.75) is 46.3 Å². The molecule has 0 unspecified atom stereocenters. The summed E-state index contributed by atoms with van der Waals surface area (Å²) in [7, 11) is -1.37. The van der Waals surface area contributed by atoms with E-state index in [1.165, 1.54) is 22.4 Å². The minimum atomic E-state index is -1.37. The largest absolute Gasteiger partial charge is 0.294 e. The summed E-state index contributed by atoms with van der Waals surface area (Å²) in [5.74, 6) is -0.436. The highest BCUT2D eigenvalue weighted by Gasteiger charge is 2.28. The molecule has 0 atom stereocenters. The van der Waals surface area contributed by atoms with Gasteiger partial charge in [-0.25, -0.2) is 4.39 Å². The minimum Gasteiger partial charge on any atom is -0.294 e. The molecule has 0 saturated carbocycles. The summed E-state index contributed by atoms with van der Waals surface area (Å²) >= 11 is 0. The van der Waals surface area contributed by atoms with Crippen LogP contribution in [-0.4, -0.2) is 13.9 Å². The molecule has 0 radical (unpaired) electrons. The van der Waals surface area contributed by atoms with Crippen molar-refractivity contribution in [2.24, 2.45) is 0 Å². The lowest BCUT2D eigenvalue weighted by molar-refractivity contribution is 0.0991. The van der Waals surface area contributed by atoms with Crippen LogP contribution in [0.4, 0.5) is 4.39 Å². The Bertz CT molecular complexity index is 792. The third-order valence-electron chi connectivity index (χ3n) is 4.81. The lowest BCUT2D eigenvalue weighted by Gasteiger charge is -2.22. The van der Waals surface area contributed by atoms with Crippen molar-refractivity contribution in [1.29, 1.82) is 0 Å². The molecule has 1 nitrogen and oxygen atoms in total. The first-order valence-electron chi connectivity index (χ1n) is 8.17. The number of aryl methyl sites for hydroxylation is 2. The standard InChI is InChI=1S/C20H23FOSi/c1-12-10-14(23(3,4)5)11-13(2)19(12)15-6-8-17(21)20-16(15)7-9-18(20)22/h6,8,10-11H,7,9H2,1-5H3. The molecule has 0 saturated heterocycles. The van der Waals surface area contributed by atoms with E-state index < -0.39 is 8.07 Å². The molecule has 0 bridgehead atoms. The Labute approximate surface area is 138 Å². The van der Waals surface area contributed by atoms with Crippen LogP contribution < -0.4 is 5.19 Å². The summed E-state index contributed by atoms with van der Waals surface area (Å²) in [6, 6.07) is 7.85. The SMILES string of the molecule is Cc1cc([Si](C)(C)C)cc(C)c1-c1ccc(F)c2c1CCC2=O. The molecule has 0 amide bonds. The quantitative estimate of drug-likeness (QED) is 0.726. The zero-order valence-electron chi connectivity index (χ0n) is 14.5. The van der Waals surface area contributed by atoms with Crippen LogP contribution in [0.1, 0.15) is 33.5 Å². The van der Waals surface area contributed by atoms with Gasteiger partial charge in [0.2, 0.25) is 0 Å². The zero-order chi connectivity index (χ0) is 16.9. The minimum absolute atomic E-state index is 0.0617. The van der Waals surface area contributed by atoms with Gasteiger partial charge in [0.05, 0.1) is 13.6 Å². The molecule has 1 aliphatic carbocycles. The molecule has 0 aromatic heterocycles. The van der Waals surface area contributed by atoms with Gasteiger partial charge in [-0.15, -0.1) is 0 Å². The average molecular weight is 326 g/mol. The van der Waals surface area contributed by atoms with Gasteiger partial charge < -0.3 is 0 Å². The molecule has 120 valence electrons. The number of benzene rings is 2. The van der Waals surface area contributed by atoms with Crippen LogP contribution in [-0.2, 0) is 6.42 Å². The maximum atomic E-state index is 14.0. The third-order valence-corrected chi connectivity index (χ3v) is 6.83. The van der Waals surface area contributed by atoms with E-state index in [1.807, 2.05) is 6.07 Å². The zero-order valence-corrected chi connectivity index (χ0v) is 15.5. The number of rotatable bonds is 2. The van der Waals surface area contributed by atoms with Gasteiger partial charge in [-0.2, -0.15) is 0 Å². The number of ketones is 1. The number of hydrogen-bond acceptors (Lipinski definition) is 1. The molecule has 2 aromatic rings. The monoisotopic (exact) mass is 326 g/mol. The van der Waals surface area contributed by atoms with Crippen LogP contribution in [0.15, 0.2) is 24.3 Å². The van der Waals surface area contributed by atoms with Gasteiger partial charge in [-0.1, -0.05) is 43.0 Å². The first kappa shape index (κ1) is 16.1. The first-order chi connectivity index (χ1) is 10.7. The summed E-state index contributed by atoms with van der Waals surface area (Å²) in [6.45, 7) is 11.3. The molecule has 0 fully saturated rings. The van der Waals surface area contributed by atoms with Crippen LogP contribution in [0.3, 0.4) is 0 Å². The molecule has 0 spiro atoms. The van der Waals surface area contributed by atoms with E-state index in [-0.39, 0.29) is 11.6 Å². The van der Waals surface area contributed by atoms with Crippen molar-refractivity contribution in [3.8, 4) is 11.1 Å². The summed E-state index contributed by atoms with van der Waals surface area (Å²) in [5.41, 5.74) is 5.84. The molecular formula is C20H23FOSi. The fourth-order valence-corrected chi connectivity index (χ4v) is 4.90. The summed E-state index contributed by atoms with van der Waals surface area (Å²) < 4.78 is 14.0. The molecule has 2 aromatic carbocycles. The average Bonchev–Trinajstić information content (AvgIpc) is 2.82. The number of carbonyl (C=O) groups excluding carboxylic acids is 1. The second-order valence-corrected chi connectivity index (χ2v) is 12.7. The number of fused-ring (bicyclic) bond motifs is 1. The normalized spacial score (nSPS) is 14.3. The summed E-state index contributed by atoms with van der Waals surface area (Å²) in [6.07, 6.45) is 1.07. The molecular weight excluding hydrogens is 303 g/mol. The van der Waals surface area contributed by atoms with Crippen molar-refractivity contribution in [3.63, 3.8) is 0 Å². The molecule has 3 rings (SSSR count). The smallest absolute Gasteiger partial charge is 0.166 e. The van der Waals surface area contributed by atoms with Crippen molar-refractivity contribution in [2.75, 3.05) is 0 Å².